The molecule has 1 amide bonds. The second kappa shape index (κ2) is 9.13. The Morgan fingerprint density at radius 1 is 1.22 bits per heavy atom. The Balaban J connectivity index is 1.75. The summed E-state index contributed by atoms with van der Waals surface area (Å²) in [5.74, 6) is 0.516. The Hall–Kier alpha value is -3.17. The maximum Gasteiger partial charge on any atom is 0.275 e. The van der Waals surface area contributed by atoms with Gasteiger partial charge in [0.2, 0.25) is 10.0 Å². The van der Waals surface area contributed by atoms with E-state index >= 15 is 0 Å². The molecule has 1 atom stereocenters. The van der Waals surface area contributed by atoms with Crippen molar-refractivity contribution in [3.05, 3.63) is 82.0 Å². The van der Waals surface area contributed by atoms with E-state index in [1.54, 1.807) is 29.6 Å². The van der Waals surface area contributed by atoms with E-state index in [1.807, 2.05) is 42.6 Å². The van der Waals surface area contributed by atoms with Crippen LogP contribution < -0.4 is 9.46 Å². The molecule has 7 nitrogen and oxygen atoms in total. The van der Waals surface area contributed by atoms with Crippen molar-refractivity contribution in [3.8, 4) is 5.75 Å². The standard InChI is InChI=1S/C23H23N3O4S2/c1-3-30-18-8-6-7-16(13-18)22-14-21(24-26(22)23(27)17-11-12-31-15-17)19-9-4-5-10-20(19)25-32(2,28)29/h4-13,15,22,25H,3,14H2,1-2H3/t22-/m1/s1. The second-order valence-electron chi connectivity index (χ2n) is 7.35. The predicted molar refractivity (Wildman–Crippen MR) is 127 cm³/mol. The average Bonchev–Trinajstić information content (AvgIpc) is 3.44. The van der Waals surface area contributed by atoms with Gasteiger partial charge < -0.3 is 4.74 Å². The molecule has 0 fully saturated rings. The molecule has 166 valence electrons. The maximum absolute atomic E-state index is 13.3. The van der Waals surface area contributed by atoms with Gasteiger partial charge in [-0.2, -0.15) is 16.4 Å². The van der Waals surface area contributed by atoms with Crippen LogP contribution in [0.15, 0.2) is 70.5 Å². The molecule has 0 bridgehead atoms. The molecular weight excluding hydrogens is 446 g/mol. The van der Waals surface area contributed by atoms with E-state index in [0.717, 1.165) is 17.6 Å². The number of para-hydroxylation sites is 1. The first-order valence-corrected chi connectivity index (χ1v) is 12.9. The lowest BCUT2D eigenvalue weighted by Gasteiger charge is -2.22. The Labute approximate surface area is 191 Å². The number of carbonyl (C=O) groups excluding carboxylic acids is 1. The molecule has 2 heterocycles. The zero-order valence-electron chi connectivity index (χ0n) is 17.7. The molecule has 3 aromatic rings. The van der Waals surface area contributed by atoms with E-state index in [0.29, 0.717) is 35.6 Å². The molecule has 1 N–H and O–H groups in total. The lowest BCUT2D eigenvalue weighted by Crippen LogP contribution is -2.26. The minimum absolute atomic E-state index is 0.207. The molecule has 0 saturated carbocycles. The van der Waals surface area contributed by atoms with Crippen LogP contribution in [0.25, 0.3) is 0 Å². The number of hydrogen-bond donors (Lipinski definition) is 1. The van der Waals surface area contributed by atoms with Crippen LogP contribution in [0.2, 0.25) is 0 Å². The van der Waals surface area contributed by atoms with Gasteiger partial charge >= 0.3 is 0 Å². The van der Waals surface area contributed by atoms with E-state index < -0.39 is 10.0 Å². The van der Waals surface area contributed by atoms with E-state index in [9.17, 15) is 13.2 Å². The molecule has 0 unspecified atom stereocenters. The number of benzene rings is 2. The van der Waals surface area contributed by atoms with Crippen molar-refractivity contribution in [1.82, 2.24) is 5.01 Å². The molecule has 2 aromatic carbocycles. The summed E-state index contributed by atoms with van der Waals surface area (Å²) in [4.78, 5) is 13.3. The number of thiophene rings is 1. The second-order valence-corrected chi connectivity index (χ2v) is 9.88. The third kappa shape index (κ3) is 4.84. The lowest BCUT2D eigenvalue weighted by molar-refractivity contribution is 0.0711. The Morgan fingerprint density at radius 3 is 2.75 bits per heavy atom. The van der Waals surface area contributed by atoms with Crippen LogP contribution in [0.4, 0.5) is 5.69 Å². The fraction of sp³-hybridized carbons (Fsp3) is 0.217. The number of nitrogens with zero attached hydrogens (tertiary/aromatic N) is 2. The molecule has 0 radical (unpaired) electrons. The van der Waals surface area contributed by atoms with Crippen LogP contribution in [0.5, 0.6) is 5.75 Å². The largest absolute Gasteiger partial charge is 0.494 e. The number of amides is 1. The van der Waals surface area contributed by atoms with Gasteiger partial charge in [-0.15, -0.1) is 0 Å². The minimum atomic E-state index is -3.47. The van der Waals surface area contributed by atoms with Crippen molar-refractivity contribution in [2.45, 2.75) is 19.4 Å². The summed E-state index contributed by atoms with van der Waals surface area (Å²) < 4.78 is 31.9. The van der Waals surface area contributed by atoms with Gasteiger partial charge in [0.05, 0.1) is 35.9 Å². The fourth-order valence-electron chi connectivity index (χ4n) is 3.64. The highest BCUT2D eigenvalue weighted by atomic mass is 32.2. The summed E-state index contributed by atoms with van der Waals surface area (Å²) in [5, 5.41) is 9.80. The van der Waals surface area contributed by atoms with Gasteiger partial charge in [0.15, 0.2) is 0 Å². The summed E-state index contributed by atoms with van der Waals surface area (Å²) in [6.45, 7) is 2.46. The van der Waals surface area contributed by atoms with E-state index in [-0.39, 0.29) is 11.9 Å². The highest BCUT2D eigenvalue weighted by Gasteiger charge is 2.34. The molecule has 0 aliphatic carbocycles. The van der Waals surface area contributed by atoms with Gasteiger partial charge in [0.1, 0.15) is 5.75 Å². The lowest BCUT2D eigenvalue weighted by atomic mass is 9.97. The number of nitrogens with one attached hydrogen (secondary N) is 1. The van der Waals surface area contributed by atoms with Crippen molar-refractivity contribution >= 4 is 38.7 Å². The summed E-state index contributed by atoms with van der Waals surface area (Å²) in [7, 11) is -3.47. The van der Waals surface area contributed by atoms with E-state index in [2.05, 4.69) is 9.82 Å². The van der Waals surface area contributed by atoms with Crippen molar-refractivity contribution in [1.29, 1.82) is 0 Å². The Kier molecular flexibility index (Phi) is 6.29. The Morgan fingerprint density at radius 2 is 2.03 bits per heavy atom. The molecular formula is C23H23N3O4S2. The van der Waals surface area contributed by atoms with Crippen molar-refractivity contribution < 1.29 is 17.9 Å². The van der Waals surface area contributed by atoms with E-state index in [1.165, 1.54) is 16.3 Å². The van der Waals surface area contributed by atoms with E-state index in [4.69, 9.17) is 4.74 Å². The first-order chi connectivity index (χ1) is 15.4. The molecule has 9 heteroatoms. The highest BCUT2D eigenvalue weighted by molar-refractivity contribution is 7.92. The van der Waals surface area contributed by atoms with Gasteiger partial charge in [-0.05, 0) is 42.1 Å². The third-order valence-corrected chi connectivity index (χ3v) is 6.25. The van der Waals surface area contributed by atoms with Gasteiger partial charge in [0, 0.05) is 17.4 Å². The van der Waals surface area contributed by atoms with Gasteiger partial charge in [0.25, 0.3) is 5.91 Å². The van der Waals surface area contributed by atoms with Crippen LogP contribution in [0, 0.1) is 0 Å². The summed E-state index contributed by atoms with van der Waals surface area (Å²) in [5.41, 5.74) is 3.16. The number of hydrazone groups is 1. The zero-order chi connectivity index (χ0) is 22.7. The summed E-state index contributed by atoms with van der Waals surface area (Å²) in [6.07, 6.45) is 1.54. The average molecular weight is 470 g/mol. The van der Waals surface area contributed by atoms with Crippen LogP contribution in [0.1, 0.15) is 40.9 Å². The predicted octanol–water partition coefficient (Wildman–Crippen LogP) is 4.51. The van der Waals surface area contributed by atoms with Crippen LogP contribution in [-0.4, -0.2) is 37.9 Å². The smallest absolute Gasteiger partial charge is 0.275 e. The molecule has 1 aromatic heterocycles. The monoisotopic (exact) mass is 469 g/mol. The van der Waals surface area contributed by atoms with Gasteiger partial charge in [-0.3, -0.25) is 9.52 Å². The molecule has 32 heavy (non-hydrogen) atoms. The number of carbonyl (C=O) groups is 1. The number of rotatable bonds is 7. The molecule has 1 aliphatic rings. The molecule has 0 spiro atoms. The molecule has 4 rings (SSSR count). The minimum Gasteiger partial charge on any atom is -0.494 e. The number of hydrogen-bond acceptors (Lipinski definition) is 6. The first kappa shape index (κ1) is 22.0. The Bertz CT molecular complexity index is 1250. The van der Waals surface area contributed by atoms with Crippen LogP contribution >= 0.6 is 11.3 Å². The maximum atomic E-state index is 13.3. The number of ether oxygens (including phenoxy) is 1. The normalized spacial score (nSPS) is 16.0. The topological polar surface area (TPSA) is 88.1 Å². The van der Waals surface area contributed by atoms with Crippen LogP contribution in [0.3, 0.4) is 0 Å². The van der Waals surface area contributed by atoms with Crippen molar-refractivity contribution in [3.63, 3.8) is 0 Å². The third-order valence-electron chi connectivity index (χ3n) is 4.97. The molecule has 0 saturated heterocycles. The van der Waals surface area contributed by atoms with Crippen molar-refractivity contribution in [2.75, 3.05) is 17.6 Å². The quantitative estimate of drug-likeness (QED) is 0.551. The zero-order valence-corrected chi connectivity index (χ0v) is 19.3. The highest BCUT2D eigenvalue weighted by Crippen LogP contribution is 2.36. The summed E-state index contributed by atoms with van der Waals surface area (Å²) >= 11 is 1.45. The van der Waals surface area contributed by atoms with Crippen molar-refractivity contribution in [2.24, 2.45) is 5.10 Å². The summed E-state index contributed by atoms with van der Waals surface area (Å²) in [6, 6.07) is 16.1. The number of sulfonamides is 1. The van der Waals surface area contributed by atoms with Gasteiger partial charge in [-0.25, -0.2) is 13.4 Å². The van der Waals surface area contributed by atoms with Crippen LogP contribution in [-0.2, 0) is 10.0 Å². The first-order valence-electron chi connectivity index (χ1n) is 10.1. The van der Waals surface area contributed by atoms with Gasteiger partial charge in [-0.1, -0.05) is 30.3 Å². The SMILES string of the molecule is CCOc1cccc([C@H]2CC(c3ccccc3NS(C)(=O)=O)=NN2C(=O)c2ccsc2)c1. The fourth-order valence-corrected chi connectivity index (χ4v) is 4.85. The number of anilines is 1. The molecule has 1 aliphatic heterocycles.